The van der Waals surface area contributed by atoms with Gasteiger partial charge in [0.15, 0.2) is 0 Å². The zero-order valence-corrected chi connectivity index (χ0v) is 12.4. The Labute approximate surface area is 120 Å². The van der Waals surface area contributed by atoms with Gasteiger partial charge in [-0.05, 0) is 47.8 Å². The fourth-order valence-corrected chi connectivity index (χ4v) is 2.79. The first-order valence-electron chi connectivity index (χ1n) is 7.31. The molecule has 3 rings (SSSR count). The number of rotatable bonds is 5. The largest absolute Gasteiger partial charge is 0.497 e. The molecular weight excluding hydrogens is 248 g/mol. The molecule has 3 heteroatoms. The summed E-state index contributed by atoms with van der Waals surface area (Å²) < 4.78 is 5.32. The number of methoxy groups -OCH3 is 1. The lowest BCUT2D eigenvalue weighted by Crippen LogP contribution is -2.21. The number of fused-ring (bicyclic) bond motifs is 1. The molecule has 2 aromatic rings. The smallest absolute Gasteiger partial charge is 0.133 e. The van der Waals surface area contributed by atoms with Crippen molar-refractivity contribution in [1.29, 1.82) is 0 Å². The van der Waals surface area contributed by atoms with Gasteiger partial charge in [-0.3, -0.25) is 0 Å². The van der Waals surface area contributed by atoms with E-state index in [0.29, 0.717) is 5.41 Å². The Hall–Kier alpha value is -1.77. The number of nitrogens with one attached hydrogen (secondary N) is 1. The summed E-state index contributed by atoms with van der Waals surface area (Å²) in [5, 5.41) is 5.88. The van der Waals surface area contributed by atoms with E-state index in [0.717, 1.165) is 29.4 Å². The minimum Gasteiger partial charge on any atom is -0.497 e. The molecule has 1 aromatic carbocycles. The first kappa shape index (κ1) is 13.2. The van der Waals surface area contributed by atoms with Gasteiger partial charge in [0.05, 0.1) is 7.11 Å². The summed E-state index contributed by atoms with van der Waals surface area (Å²) in [6, 6.07) is 8.16. The van der Waals surface area contributed by atoms with Crippen LogP contribution < -0.4 is 10.1 Å². The lowest BCUT2D eigenvalue weighted by atomic mass is 9.92. The molecule has 0 atom stereocenters. The molecule has 0 aliphatic heterocycles. The van der Waals surface area contributed by atoms with E-state index >= 15 is 0 Å². The number of pyridine rings is 1. The van der Waals surface area contributed by atoms with E-state index in [1.54, 1.807) is 7.11 Å². The fourth-order valence-electron chi connectivity index (χ4n) is 2.79. The highest BCUT2D eigenvalue weighted by Crippen LogP contribution is 2.51. The van der Waals surface area contributed by atoms with Crippen molar-refractivity contribution in [2.24, 2.45) is 11.3 Å². The van der Waals surface area contributed by atoms with Gasteiger partial charge in [-0.25, -0.2) is 4.98 Å². The van der Waals surface area contributed by atoms with Crippen LogP contribution in [0.4, 0.5) is 5.82 Å². The van der Waals surface area contributed by atoms with Crippen LogP contribution in [-0.4, -0.2) is 18.6 Å². The third kappa shape index (κ3) is 2.33. The summed E-state index contributed by atoms with van der Waals surface area (Å²) in [6.45, 7) is 5.64. The van der Waals surface area contributed by atoms with Gasteiger partial charge >= 0.3 is 0 Å². The summed E-state index contributed by atoms with van der Waals surface area (Å²) in [6.07, 6.45) is 4.52. The highest BCUT2D eigenvalue weighted by molar-refractivity contribution is 5.92. The number of benzene rings is 1. The molecule has 0 bridgehead atoms. The molecule has 106 valence electrons. The average Bonchev–Trinajstić information content (AvgIpc) is 3.25. The third-order valence-corrected chi connectivity index (χ3v) is 4.70. The second-order valence-electron chi connectivity index (χ2n) is 6.12. The maximum Gasteiger partial charge on any atom is 0.133 e. The normalized spacial score (nSPS) is 16.4. The van der Waals surface area contributed by atoms with Crippen LogP contribution in [-0.2, 0) is 0 Å². The highest BCUT2D eigenvalue weighted by atomic mass is 16.5. The molecule has 0 spiro atoms. The van der Waals surface area contributed by atoms with Crippen LogP contribution in [0.5, 0.6) is 5.75 Å². The molecule has 1 aromatic heterocycles. The molecule has 1 N–H and O–H groups in total. The maximum absolute atomic E-state index is 5.32. The van der Waals surface area contributed by atoms with E-state index in [9.17, 15) is 0 Å². The lowest BCUT2D eigenvalue weighted by Gasteiger charge is -2.21. The zero-order valence-electron chi connectivity index (χ0n) is 12.4. The van der Waals surface area contributed by atoms with Crippen LogP contribution in [0.15, 0.2) is 30.5 Å². The van der Waals surface area contributed by atoms with E-state index in [-0.39, 0.29) is 0 Å². The van der Waals surface area contributed by atoms with Gasteiger partial charge in [0, 0.05) is 18.1 Å². The van der Waals surface area contributed by atoms with Crippen LogP contribution in [0.2, 0.25) is 0 Å². The van der Waals surface area contributed by atoms with Crippen molar-refractivity contribution in [3.8, 4) is 5.75 Å². The third-order valence-electron chi connectivity index (χ3n) is 4.70. The molecule has 0 saturated heterocycles. The SMILES string of the molecule is COc1ccc2ccnc(NCC3(C(C)C)CC3)c2c1. The van der Waals surface area contributed by atoms with Crippen LogP contribution >= 0.6 is 0 Å². The summed E-state index contributed by atoms with van der Waals surface area (Å²) >= 11 is 0. The minimum absolute atomic E-state index is 0.475. The molecule has 1 saturated carbocycles. The fraction of sp³-hybridized carbons (Fsp3) is 0.471. The first-order valence-corrected chi connectivity index (χ1v) is 7.31. The van der Waals surface area contributed by atoms with Gasteiger partial charge in [-0.1, -0.05) is 19.9 Å². The standard InChI is InChI=1S/C17H22N2O/c1-12(2)17(7-8-17)11-19-16-15-10-14(20-3)5-4-13(15)6-9-18-16/h4-6,9-10,12H,7-8,11H2,1-3H3,(H,18,19). The minimum atomic E-state index is 0.475. The number of nitrogens with zero attached hydrogens (tertiary/aromatic N) is 1. The van der Waals surface area contributed by atoms with Gasteiger partial charge in [0.1, 0.15) is 11.6 Å². The monoisotopic (exact) mass is 270 g/mol. The van der Waals surface area contributed by atoms with Gasteiger partial charge in [0.2, 0.25) is 0 Å². The molecule has 0 amide bonds. The topological polar surface area (TPSA) is 34.1 Å². The van der Waals surface area contributed by atoms with Crippen molar-refractivity contribution in [3.63, 3.8) is 0 Å². The van der Waals surface area contributed by atoms with Crippen LogP contribution in [0.1, 0.15) is 26.7 Å². The number of anilines is 1. The number of hydrogen-bond donors (Lipinski definition) is 1. The summed E-state index contributed by atoms with van der Waals surface area (Å²) in [5.41, 5.74) is 0.475. The molecule has 0 unspecified atom stereocenters. The lowest BCUT2D eigenvalue weighted by molar-refractivity contribution is 0.380. The Morgan fingerprint density at radius 2 is 2.10 bits per heavy atom. The number of hydrogen-bond acceptors (Lipinski definition) is 3. The van der Waals surface area contributed by atoms with Crippen molar-refractivity contribution in [2.75, 3.05) is 19.0 Å². The summed E-state index contributed by atoms with van der Waals surface area (Å²) in [4.78, 5) is 4.51. The van der Waals surface area contributed by atoms with Gasteiger partial charge in [-0.2, -0.15) is 0 Å². The first-order chi connectivity index (χ1) is 9.64. The second-order valence-corrected chi connectivity index (χ2v) is 6.12. The molecule has 20 heavy (non-hydrogen) atoms. The summed E-state index contributed by atoms with van der Waals surface area (Å²) in [5.74, 6) is 2.56. The van der Waals surface area contributed by atoms with Crippen molar-refractivity contribution >= 4 is 16.6 Å². The van der Waals surface area contributed by atoms with Crippen LogP contribution in [0, 0.1) is 11.3 Å². The van der Waals surface area contributed by atoms with Gasteiger partial charge in [0.25, 0.3) is 0 Å². The Balaban J connectivity index is 1.87. The molecule has 0 radical (unpaired) electrons. The number of aromatic nitrogens is 1. The number of ether oxygens (including phenoxy) is 1. The van der Waals surface area contributed by atoms with E-state index in [1.807, 2.05) is 18.3 Å². The molecular formula is C17H22N2O. The summed E-state index contributed by atoms with van der Waals surface area (Å²) in [7, 11) is 1.70. The average molecular weight is 270 g/mol. The predicted molar refractivity (Wildman–Crippen MR) is 83.3 cm³/mol. The Bertz CT molecular complexity index is 617. The van der Waals surface area contributed by atoms with Crippen molar-refractivity contribution in [2.45, 2.75) is 26.7 Å². The van der Waals surface area contributed by atoms with Gasteiger partial charge < -0.3 is 10.1 Å². The van der Waals surface area contributed by atoms with Gasteiger partial charge in [-0.15, -0.1) is 0 Å². The maximum atomic E-state index is 5.32. The Morgan fingerprint density at radius 1 is 1.30 bits per heavy atom. The van der Waals surface area contributed by atoms with Crippen LogP contribution in [0.25, 0.3) is 10.8 Å². The quantitative estimate of drug-likeness (QED) is 0.888. The predicted octanol–water partition coefficient (Wildman–Crippen LogP) is 4.09. The molecule has 1 fully saturated rings. The zero-order chi connectivity index (χ0) is 14.2. The Kier molecular flexibility index (Phi) is 3.28. The van der Waals surface area contributed by atoms with E-state index in [1.165, 1.54) is 18.2 Å². The van der Waals surface area contributed by atoms with Crippen molar-refractivity contribution in [3.05, 3.63) is 30.5 Å². The van der Waals surface area contributed by atoms with E-state index in [4.69, 9.17) is 4.74 Å². The van der Waals surface area contributed by atoms with Crippen molar-refractivity contribution < 1.29 is 4.74 Å². The van der Waals surface area contributed by atoms with Crippen LogP contribution in [0.3, 0.4) is 0 Å². The highest BCUT2D eigenvalue weighted by Gasteiger charge is 2.45. The molecule has 3 nitrogen and oxygen atoms in total. The van der Waals surface area contributed by atoms with E-state index in [2.05, 4.69) is 36.3 Å². The second kappa shape index (κ2) is 4.97. The van der Waals surface area contributed by atoms with Crippen molar-refractivity contribution in [1.82, 2.24) is 4.98 Å². The molecule has 1 aliphatic carbocycles. The van der Waals surface area contributed by atoms with E-state index < -0.39 is 0 Å². The molecule has 1 heterocycles. The molecule has 1 aliphatic rings. The Morgan fingerprint density at radius 3 is 2.75 bits per heavy atom.